The van der Waals surface area contributed by atoms with E-state index in [-0.39, 0.29) is 29.8 Å². The number of hydrogen-bond donors (Lipinski definition) is 0. The first-order chi connectivity index (χ1) is 9.11. The lowest BCUT2D eigenvalue weighted by molar-refractivity contribution is -0.119. The van der Waals surface area contributed by atoms with Crippen LogP contribution in [0.3, 0.4) is 0 Å². The van der Waals surface area contributed by atoms with Crippen molar-refractivity contribution in [3.8, 4) is 11.4 Å². The SMILES string of the molecule is O=C(Cc1nc(-c2cc(F)cc(Br)c2)no1)C1CC1. The molecule has 1 fully saturated rings. The maximum absolute atomic E-state index is 13.3. The molecule has 6 heteroatoms. The van der Waals surface area contributed by atoms with E-state index in [0.717, 1.165) is 12.8 Å². The van der Waals surface area contributed by atoms with E-state index in [4.69, 9.17) is 4.52 Å². The molecule has 0 aliphatic heterocycles. The highest BCUT2D eigenvalue weighted by molar-refractivity contribution is 9.10. The van der Waals surface area contributed by atoms with E-state index in [2.05, 4.69) is 26.1 Å². The van der Waals surface area contributed by atoms with E-state index >= 15 is 0 Å². The van der Waals surface area contributed by atoms with Gasteiger partial charge in [-0.05, 0) is 31.0 Å². The number of aromatic nitrogens is 2. The summed E-state index contributed by atoms with van der Waals surface area (Å²) in [5, 5.41) is 3.78. The normalized spacial score (nSPS) is 14.6. The molecule has 0 amide bonds. The topological polar surface area (TPSA) is 56.0 Å². The van der Waals surface area contributed by atoms with Crippen LogP contribution in [0, 0.1) is 11.7 Å². The molecule has 98 valence electrons. The zero-order valence-electron chi connectivity index (χ0n) is 9.90. The molecule has 0 radical (unpaired) electrons. The van der Waals surface area contributed by atoms with Gasteiger partial charge in [-0.1, -0.05) is 21.1 Å². The van der Waals surface area contributed by atoms with Crippen LogP contribution in [0.4, 0.5) is 4.39 Å². The van der Waals surface area contributed by atoms with Gasteiger partial charge in [0, 0.05) is 16.0 Å². The van der Waals surface area contributed by atoms with Crippen LogP contribution in [0.25, 0.3) is 11.4 Å². The van der Waals surface area contributed by atoms with Gasteiger partial charge >= 0.3 is 0 Å². The molecule has 0 spiro atoms. The first kappa shape index (κ1) is 12.5. The minimum atomic E-state index is -0.384. The molecule has 19 heavy (non-hydrogen) atoms. The van der Waals surface area contributed by atoms with E-state index in [1.165, 1.54) is 12.1 Å². The predicted octanol–water partition coefficient (Wildman–Crippen LogP) is 3.16. The Balaban J connectivity index is 1.81. The Labute approximate surface area is 117 Å². The second-order valence-corrected chi connectivity index (χ2v) is 5.50. The van der Waals surface area contributed by atoms with Crippen LogP contribution in [0.1, 0.15) is 18.7 Å². The Hall–Kier alpha value is -1.56. The molecule has 0 N–H and O–H groups in total. The van der Waals surface area contributed by atoms with Gasteiger partial charge in [-0.25, -0.2) is 4.39 Å². The van der Waals surface area contributed by atoms with Gasteiger partial charge in [0.15, 0.2) is 0 Å². The lowest BCUT2D eigenvalue weighted by Gasteiger charge is -1.96. The fourth-order valence-electron chi connectivity index (χ4n) is 1.83. The van der Waals surface area contributed by atoms with Crippen molar-refractivity contribution in [1.29, 1.82) is 0 Å². The average molecular weight is 325 g/mol. The van der Waals surface area contributed by atoms with Crippen molar-refractivity contribution in [2.75, 3.05) is 0 Å². The zero-order valence-corrected chi connectivity index (χ0v) is 11.5. The zero-order chi connectivity index (χ0) is 13.4. The Kier molecular flexibility index (Phi) is 3.18. The molecule has 3 rings (SSSR count). The van der Waals surface area contributed by atoms with Crippen LogP contribution in [0.5, 0.6) is 0 Å². The fourth-order valence-corrected chi connectivity index (χ4v) is 2.29. The number of rotatable bonds is 4. The lowest BCUT2D eigenvalue weighted by Crippen LogP contribution is -2.04. The summed E-state index contributed by atoms with van der Waals surface area (Å²) in [4.78, 5) is 15.8. The molecular weight excluding hydrogens is 315 g/mol. The molecule has 4 nitrogen and oxygen atoms in total. The van der Waals surface area contributed by atoms with E-state index in [9.17, 15) is 9.18 Å². The summed E-state index contributed by atoms with van der Waals surface area (Å²) in [5.41, 5.74) is 0.515. The number of carbonyl (C=O) groups excluding carboxylic acids is 1. The van der Waals surface area contributed by atoms with Crippen LogP contribution in [0.15, 0.2) is 27.2 Å². The van der Waals surface area contributed by atoms with Crippen LogP contribution >= 0.6 is 15.9 Å². The summed E-state index contributed by atoms with van der Waals surface area (Å²) in [6.07, 6.45) is 2.07. The first-order valence-electron chi connectivity index (χ1n) is 5.93. The van der Waals surface area contributed by atoms with Crippen molar-refractivity contribution in [3.05, 3.63) is 34.4 Å². The van der Waals surface area contributed by atoms with Gasteiger partial charge in [-0.2, -0.15) is 4.98 Å². The highest BCUT2D eigenvalue weighted by atomic mass is 79.9. The quantitative estimate of drug-likeness (QED) is 0.866. The standard InChI is InChI=1S/C13H10BrFN2O2/c14-9-3-8(4-10(15)5-9)13-16-12(19-17-13)6-11(18)7-1-2-7/h3-5,7H,1-2,6H2. The number of carbonyl (C=O) groups is 1. The molecule has 1 aliphatic carbocycles. The number of Topliss-reactive ketones (excluding diaryl/α,β-unsaturated/α-hetero) is 1. The minimum absolute atomic E-state index is 0.135. The fraction of sp³-hybridized carbons (Fsp3) is 0.308. The second kappa shape index (κ2) is 4.85. The van der Waals surface area contributed by atoms with Gasteiger partial charge in [-0.3, -0.25) is 4.79 Å². The van der Waals surface area contributed by atoms with Gasteiger partial charge in [-0.15, -0.1) is 0 Å². The molecular formula is C13H10BrFN2O2. The van der Waals surface area contributed by atoms with Crippen LogP contribution in [0.2, 0.25) is 0 Å². The third-order valence-electron chi connectivity index (χ3n) is 2.95. The van der Waals surface area contributed by atoms with Crippen LogP contribution in [-0.4, -0.2) is 15.9 Å². The molecule has 0 unspecified atom stereocenters. The van der Waals surface area contributed by atoms with Gasteiger partial charge < -0.3 is 4.52 Å². The third kappa shape index (κ3) is 2.89. The summed E-state index contributed by atoms with van der Waals surface area (Å²) in [6.45, 7) is 0. The maximum atomic E-state index is 13.3. The van der Waals surface area contributed by atoms with Crippen LogP contribution < -0.4 is 0 Å². The van der Waals surface area contributed by atoms with Crippen molar-refractivity contribution in [1.82, 2.24) is 10.1 Å². The number of ketones is 1. The van der Waals surface area contributed by atoms with Crippen molar-refractivity contribution in [3.63, 3.8) is 0 Å². The van der Waals surface area contributed by atoms with E-state index in [0.29, 0.717) is 15.9 Å². The largest absolute Gasteiger partial charge is 0.339 e. The molecule has 0 atom stereocenters. The lowest BCUT2D eigenvalue weighted by atomic mass is 10.2. The van der Waals surface area contributed by atoms with Crippen molar-refractivity contribution in [2.24, 2.45) is 5.92 Å². The second-order valence-electron chi connectivity index (χ2n) is 4.59. The highest BCUT2D eigenvalue weighted by Gasteiger charge is 2.30. The van der Waals surface area contributed by atoms with E-state index < -0.39 is 0 Å². The number of benzene rings is 1. The number of hydrogen-bond acceptors (Lipinski definition) is 4. The predicted molar refractivity (Wildman–Crippen MR) is 68.8 cm³/mol. The van der Waals surface area contributed by atoms with E-state index in [1.807, 2.05) is 0 Å². The molecule has 0 bridgehead atoms. The molecule has 1 aromatic carbocycles. The van der Waals surface area contributed by atoms with E-state index in [1.54, 1.807) is 6.07 Å². The summed E-state index contributed by atoms with van der Waals surface area (Å²) < 4.78 is 18.9. The average Bonchev–Trinajstić information content (AvgIpc) is 3.09. The molecule has 1 saturated carbocycles. The monoisotopic (exact) mass is 324 g/mol. The number of halogens is 2. The number of nitrogens with zero attached hydrogens (tertiary/aromatic N) is 2. The smallest absolute Gasteiger partial charge is 0.234 e. The highest BCUT2D eigenvalue weighted by Crippen LogP contribution is 2.31. The first-order valence-corrected chi connectivity index (χ1v) is 6.73. The van der Waals surface area contributed by atoms with Gasteiger partial charge in [0.25, 0.3) is 0 Å². The molecule has 1 aliphatic rings. The van der Waals surface area contributed by atoms with Crippen molar-refractivity contribution in [2.45, 2.75) is 19.3 Å². The summed E-state index contributed by atoms with van der Waals surface area (Å²) in [6, 6.07) is 4.36. The molecule has 0 saturated heterocycles. The van der Waals surface area contributed by atoms with Gasteiger partial charge in [0.05, 0.1) is 6.42 Å². The Morgan fingerprint density at radius 3 is 2.89 bits per heavy atom. The van der Waals surface area contributed by atoms with Gasteiger partial charge in [0.2, 0.25) is 11.7 Å². The Bertz CT molecular complexity index is 617. The van der Waals surface area contributed by atoms with Crippen molar-refractivity contribution >= 4 is 21.7 Å². The van der Waals surface area contributed by atoms with Crippen LogP contribution in [-0.2, 0) is 11.2 Å². The molecule has 1 aromatic heterocycles. The summed E-state index contributed by atoms with van der Waals surface area (Å²) in [7, 11) is 0. The molecule has 2 aromatic rings. The molecule has 1 heterocycles. The third-order valence-corrected chi connectivity index (χ3v) is 3.40. The minimum Gasteiger partial charge on any atom is -0.339 e. The summed E-state index contributed by atoms with van der Waals surface area (Å²) in [5.74, 6) is 0.491. The van der Waals surface area contributed by atoms with Gasteiger partial charge in [0.1, 0.15) is 11.6 Å². The summed E-state index contributed by atoms with van der Waals surface area (Å²) >= 11 is 3.20. The van der Waals surface area contributed by atoms with Crippen molar-refractivity contribution < 1.29 is 13.7 Å². The Morgan fingerprint density at radius 1 is 1.42 bits per heavy atom. The maximum Gasteiger partial charge on any atom is 0.234 e. The Morgan fingerprint density at radius 2 is 2.21 bits per heavy atom.